The molecule has 0 fully saturated rings. The molecule has 4 nitrogen and oxygen atoms in total. The van der Waals surface area contributed by atoms with Crippen LogP contribution in [-0.2, 0) is 4.74 Å². The van der Waals surface area contributed by atoms with Gasteiger partial charge in [-0.2, -0.15) is 0 Å². The average molecular weight is 289 g/mol. The van der Waals surface area contributed by atoms with Crippen molar-refractivity contribution in [3.8, 4) is 5.75 Å². The van der Waals surface area contributed by atoms with Gasteiger partial charge in [-0.3, -0.25) is 5.32 Å². The number of benzene rings is 2. The number of hydrogen-bond acceptors (Lipinski definition) is 3. The van der Waals surface area contributed by atoms with Gasteiger partial charge in [0.25, 0.3) is 0 Å². The molecule has 21 heavy (non-hydrogen) atoms. The van der Waals surface area contributed by atoms with E-state index >= 15 is 0 Å². The van der Waals surface area contributed by atoms with Crippen LogP contribution in [0, 0.1) is 0 Å². The fourth-order valence-corrected chi connectivity index (χ4v) is 1.74. The Hall–Kier alpha value is -2.23. The van der Waals surface area contributed by atoms with Crippen molar-refractivity contribution in [3.63, 3.8) is 0 Å². The van der Waals surface area contributed by atoms with Crippen LogP contribution in [0.2, 0.25) is 0 Å². The predicted octanol–water partition coefficient (Wildman–Crippen LogP) is 4.92. The van der Waals surface area contributed by atoms with Crippen molar-refractivity contribution >= 4 is 22.6 Å². The lowest BCUT2D eigenvalue weighted by molar-refractivity contribution is 0.0635. The highest BCUT2D eigenvalue weighted by Crippen LogP contribution is 2.29. The van der Waals surface area contributed by atoms with E-state index in [0.29, 0.717) is 5.69 Å². The van der Waals surface area contributed by atoms with Crippen LogP contribution in [0.4, 0.5) is 10.5 Å². The highest BCUT2D eigenvalue weighted by atomic mass is 16.6. The van der Waals surface area contributed by atoms with Gasteiger partial charge in [0.15, 0.2) is 0 Å². The molecular formula is C17H23NO3. The molecular weight excluding hydrogens is 266 g/mol. The van der Waals surface area contributed by atoms with Gasteiger partial charge in [-0.05, 0) is 43.7 Å². The first kappa shape index (κ1) is 16.8. The van der Waals surface area contributed by atoms with Crippen molar-refractivity contribution in [2.45, 2.75) is 40.2 Å². The molecule has 0 aromatic heterocycles. The summed E-state index contributed by atoms with van der Waals surface area (Å²) in [6.07, 6.45) is -0.585. The molecule has 0 unspecified atom stereocenters. The van der Waals surface area contributed by atoms with Crippen molar-refractivity contribution < 1.29 is 14.6 Å². The maximum Gasteiger partial charge on any atom is 0.412 e. The smallest absolute Gasteiger partial charge is 0.412 e. The van der Waals surface area contributed by atoms with Crippen molar-refractivity contribution in [2.24, 2.45) is 0 Å². The summed E-state index contributed by atoms with van der Waals surface area (Å²) in [5, 5.41) is 14.3. The molecule has 0 aliphatic rings. The zero-order chi connectivity index (χ0) is 16.0. The van der Waals surface area contributed by atoms with Crippen LogP contribution in [0.1, 0.15) is 34.6 Å². The highest BCUT2D eigenvalue weighted by Gasteiger charge is 2.17. The Morgan fingerprint density at radius 2 is 1.62 bits per heavy atom. The van der Waals surface area contributed by atoms with E-state index in [1.54, 1.807) is 32.9 Å². The minimum absolute atomic E-state index is 0.0181. The van der Waals surface area contributed by atoms with Crippen LogP contribution in [0.3, 0.4) is 0 Å². The third-order valence-electron chi connectivity index (χ3n) is 2.50. The maximum atomic E-state index is 11.7. The third-order valence-corrected chi connectivity index (χ3v) is 2.50. The quantitative estimate of drug-likeness (QED) is 0.733. The molecule has 0 saturated carbocycles. The molecule has 0 aliphatic heterocycles. The molecule has 2 rings (SSSR count). The maximum absolute atomic E-state index is 11.7. The number of phenolic OH excluding ortho intramolecular Hbond substituents is 1. The lowest BCUT2D eigenvalue weighted by atomic mass is 10.1. The molecule has 114 valence electrons. The molecule has 2 aromatic carbocycles. The minimum Gasteiger partial charge on any atom is -0.506 e. The number of rotatable bonds is 1. The number of nitrogens with one attached hydrogen (secondary N) is 1. The largest absolute Gasteiger partial charge is 0.506 e. The Balaban J connectivity index is 0.00000106. The van der Waals surface area contributed by atoms with Crippen LogP contribution < -0.4 is 5.32 Å². The second-order valence-corrected chi connectivity index (χ2v) is 5.34. The summed E-state index contributed by atoms with van der Waals surface area (Å²) in [6, 6.07) is 10.9. The fourth-order valence-electron chi connectivity index (χ4n) is 1.74. The summed E-state index contributed by atoms with van der Waals surface area (Å²) in [7, 11) is 0. The van der Waals surface area contributed by atoms with E-state index < -0.39 is 11.7 Å². The zero-order valence-corrected chi connectivity index (χ0v) is 13.2. The second-order valence-electron chi connectivity index (χ2n) is 5.34. The lowest BCUT2D eigenvalue weighted by Crippen LogP contribution is -2.27. The van der Waals surface area contributed by atoms with Crippen LogP contribution in [0.5, 0.6) is 5.75 Å². The zero-order valence-electron chi connectivity index (χ0n) is 13.2. The molecule has 0 radical (unpaired) electrons. The molecule has 0 aliphatic carbocycles. The summed E-state index contributed by atoms with van der Waals surface area (Å²) in [5.41, 5.74) is -0.232. The van der Waals surface area contributed by atoms with Crippen molar-refractivity contribution in [1.82, 2.24) is 0 Å². The van der Waals surface area contributed by atoms with Gasteiger partial charge in [0.2, 0.25) is 0 Å². The Morgan fingerprint density at radius 1 is 1.10 bits per heavy atom. The summed E-state index contributed by atoms with van der Waals surface area (Å²) in [4.78, 5) is 11.7. The molecule has 0 bridgehead atoms. The number of carbonyl (C=O) groups excluding carboxylic acids is 1. The number of ether oxygens (including phenoxy) is 1. The Morgan fingerprint density at radius 3 is 2.14 bits per heavy atom. The van der Waals surface area contributed by atoms with Crippen molar-refractivity contribution in [3.05, 3.63) is 36.4 Å². The molecule has 0 atom stereocenters. The first-order valence-electron chi connectivity index (χ1n) is 7.07. The number of carbonyl (C=O) groups is 1. The first-order valence-corrected chi connectivity index (χ1v) is 7.07. The van der Waals surface area contributed by atoms with Gasteiger partial charge in [-0.1, -0.05) is 38.1 Å². The van der Waals surface area contributed by atoms with Crippen molar-refractivity contribution in [1.29, 1.82) is 0 Å². The van der Waals surface area contributed by atoms with Gasteiger partial charge >= 0.3 is 6.09 Å². The van der Waals surface area contributed by atoms with E-state index in [1.165, 1.54) is 0 Å². The summed E-state index contributed by atoms with van der Waals surface area (Å²) < 4.78 is 5.15. The van der Waals surface area contributed by atoms with E-state index in [0.717, 1.165) is 10.8 Å². The standard InChI is InChI=1S/C15H17NO3.C2H6/c1-15(2,3)19-14(18)16-12-8-10-6-4-5-7-11(10)9-13(12)17;1-2/h4-9,17H,1-3H3,(H,16,18);1-2H3. The molecule has 0 saturated heterocycles. The van der Waals surface area contributed by atoms with Crippen LogP contribution >= 0.6 is 0 Å². The van der Waals surface area contributed by atoms with Gasteiger partial charge in [0, 0.05) is 0 Å². The SMILES string of the molecule is CC.CC(C)(C)OC(=O)Nc1cc2ccccc2cc1O. The van der Waals surface area contributed by atoms with E-state index in [2.05, 4.69) is 5.32 Å². The number of amides is 1. The number of phenols is 1. The summed E-state index contributed by atoms with van der Waals surface area (Å²) in [5.74, 6) is 0.0181. The Bertz CT molecular complexity index is 615. The van der Waals surface area contributed by atoms with E-state index in [9.17, 15) is 9.90 Å². The Kier molecular flexibility index (Phi) is 5.59. The molecule has 2 N–H and O–H groups in total. The molecule has 0 spiro atoms. The normalized spacial score (nSPS) is 10.5. The number of anilines is 1. The first-order chi connectivity index (χ1) is 9.85. The Labute approximate surface area is 125 Å². The van der Waals surface area contributed by atoms with E-state index in [1.807, 2.05) is 38.1 Å². The van der Waals surface area contributed by atoms with E-state index in [-0.39, 0.29) is 5.75 Å². The van der Waals surface area contributed by atoms with Crippen LogP contribution in [0.25, 0.3) is 10.8 Å². The number of hydrogen-bond donors (Lipinski definition) is 2. The van der Waals surface area contributed by atoms with Gasteiger partial charge < -0.3 is 9.84 Å². The molecule has 2 aromatic rings. The minimum atomic E-state index is -0.585. The predicted molar refractivity (Wildman–Crippen MR) is 86.8 cm³/mol. The summed E-state index contributed by atoms with van der Waals surface area (Å²) >= 11 is 0. The van der Waals surface area contributed by atoms with Crippen molar-refractivity contribution in [2.75, 3.05) is 5.32 Å². The van der Waals surface area contributed by atoms with Gasteiger partial charge in [-0.25, -0.2) is 4.79 Å². The number of aromatic hydroxyl groups is 1. The summed E-state index contributed by atoms with van der Waals surface area (Å²) in [6.45, 7) is 9.35. The lowest BCUT2D eigenvalue weighted by Gasteiger charge is -2.20. The second kappa shape index (κ2) is 6.97. The topological polar surface area (TPSA) is 58.6 Å². The average Bonchev–Trinajstić information content (AvgIpc) is 2.40. The molecule has 4 heteroatoms. The van der Waals surface area contributed by atoms with Gasteiger partial charge in [-0.15, -0.1) is 0 Å². The molecule has 1 amide bonds. The van der Waals surface area contributed by atoms with Crippen LogP contribution in [-0.4, -0.2) is 16.8 Å². The van der Waals surface area contributed by atoms with Crippen LogP contribution in [0.15, 0.2) is 36.4 Å². The number of fused-ring (bicyclic) bond motifs is 1. The van der Waals surface area contributed by atoms with E-state index in [4.69, 9.17) is 4.74 Å². The van der Waals surface area contributed by atoms with Gasteiger partial charge in [0.1, 0.15) is 11.4 Å². The fraction of sp³-hybridized carbons (Fsp3) is 0.353. The third kappa shape index (κ3) is 4.99. The monoisotopic (exact) mass is 289 g/mol. The molecule has 0 heterocycles. The van der Waals surface area contributed by atoms with Gasteiger partial charge in [0.05, 0.1) is 5.69 Å². The highest BCUT2D eigenvalue weighted by molar-refractivity contribution is 5.94.